The van der Waals surface area contributed by atoms with Gasteiger partial charge in [-0.3, -0.25) is 0 Å². The summed E-state index contributed by atoms with van der Waals surface area (Å²) in [5.41, 5.74) is 0.625. The molecule has 0 aromatic carbocycles. The predicted molar refractivity (Wildman–Crippen MR) is 57.2 cm³/mol. The minimum Gasteiger partial charge on any atom is -0.475 e. The molecule has 2 aromatic heterocycles. The van der Waals surface area contributed by atoms with Gasteiger partial charge in [-0.25, -0.2) is 9.78 Å². The second-order valence-electron chi connectivity index (χ2n) is 3.29. The van der Waals surface area contributed by atoms with Crippen LogP contribution in [-0.4, -0.2) is 16.1 Å². The minimum atomic E-state index is -1.11. The quantitative estimate of drug-likeness (QED) is 0.795. The summed E-state index contributed by atoms with van der Waals surface area (Å²) >= 11 is 0. The number of nitrogens with zero attached hydrogens (tertiary/aromatic N) is 1. The van der Waals surface area contributed by atoms with E-state index in [-0.39, 0.29) is 5.76 Å². The normalized spacial score (nSPS) is 10.2. The van der Waals surface area contributed by atoms with Gasteiger partial charge in [-0.1, -0.05) is 0 Å². The van der Waals surface area contributed by atoms with Gasteiger partial charge < -0.3 is 14.8 Å². The summed E-state index contributed by atoms with van der Waals surface area (Å²) in [5.74, 6) is -1.30. The van der Waals surface area contributed by atoms with Crippen molar-refractivity contribution >= 4 is 11.7 Å². The molecule has 5 nitrogen and oxygen atoms in total. The number of hydrogen-bond donors (Lipinski definition) is 2. The van der Waals surface area contributed by atoms with Crippen molar-refractivity contribution in [2.24, 2.45) is 0 Å². The van der Waals surface area contributed by atoms with Gasteiger partial charge in [-0.05, 0) is 24.3 Å². The van der Waals surface area contributed by atoms with Gasteiger partial charge in [-0.2, -0.15) is 4.39 Å². The number of carboxylic acid groups (broad SMARTS) is 1. The molecule has 2 aromatic rings. The van der Waals surface area contributed by atoms with Crippen molar-refractivity contribution in [3.05, 3.63) is 47.9 Å². The molecule has 0 fully saturated rings. The van der Waals surface area contributed by atoms with Crippen LogP contribution in [0.1, 0.15) is 16.3 Å². The number of pyridine rings is 1. The molecule has 0 spiro atoms. The summed E-state index contributed by atoms with van der Waals surface area (Å²) in [6.07, 6.45) is 1.34. The molecule has 2 rings (SSSR count). The molecule has 0 radical (unpaired) electrons. The summed E-state index contributed by atoms with van der Waals surface area (Å²) in [4.78, 5) is 14.0. The van der Waals surface area contributed by atoms with Crippen LogP contribution < -0.4 is 5.32 Å². The van der Waals surface area contributed by atoms with E-state index in [4.69, 9.17) is 9.52 Å². The van der Waals surface area contributed by atoms with E-state index in [0.717, 1.165) is 0 Å². The predicted octanol–water partition coefficient (Wildman–Crippen LogP) is 2.12. The smallest absolute Gasteiger partial charge is 0.371 e. The number of aromatic carboxylic acids is 1. The number of furan rings is 1. The highest BCUT2D eigenvalue weighted by atomic mass is 19.1. The monoisotopic (exact) mass is 236 g/mol. The number of carbonyl (C=O) groups is 1. The van der Waals surface area contributed by atoms with E-state index < -0.39 is 11.9 Å². The number of nitrogens with one attached hydrogen (secondary N) is 1. The van der Waals surface area contributed by atoms with Gasteiger partial charge in [0.05, 0.1) is 18.4 Å². The van der Waals surface area contributed by atoms with Gasteiger partial charge in [0.1, 0.15) is 5.76 Å². The third-order valence-electron chi connectivity index (χ3n) is 2.07. The third kappa shape index (κ3) is 2.81. The summed E-state index contributed by atoms with van der Waals surface area (Å²) in [5, 5.41) is 11.6. The number of aromatic nitrogens is 1. The van der Waals surface area contributed by atoms with Gasteiger partial charge in [0, 0.05) is 0 Å². The lowest BCUT2D eigenvalue weighted by Gasteiger charge is -2.02. The zero-order chi connectivity index (χ0) is 12.3. The first kappa shape index (κ1) is 11.1. The number of halogens is 1. The average molecular weight is 236 g/mol. The van der Waals surface area contributed by atoms with E-state index in [0.29, 0.717) is 18.0 Å². The van der Waals surface area contributed by atoms with E-state index in [1.807, 2.05) is 0 Å². The molecule has 0 saturated heterocycles. The van der Waals surface area contributed by atoms with Crippen LogP contribution in [0.5, 0.6) is 0 Å². The Morgan fingerprint density at radius 3 is 2.82 bits per heavy atom. The van der Waals surface area contributed by atoms with Gasteiger partial charge in [-0.15, -0.1) is 0 Å². The van der Waals surface area contributed by atoms with Crippen LogP contribution in [0.3, 0.4) is 0 Å². The number of carboxylic acids is 1. The summed E-state index contributed by atoms with van der Waals surface area (Å²) in [7, 11) is 0. The second-order valence-corrected chi connectivity index (χ2v) is 3.29. The highest BCUT2D eigenvalue weighted by Gasteiger charge is 2.08. The Labute approximate surface area is 95.9 Å². The zero-order valence-corrected chi connectivity index (χ0v) is 8.68. The molecular formula is C11H9FN2O3. The Kier molecular flexibility index (Phi) is 3.04. The fraction of sp³-hybridized carbons (Fsp3) is 0.0909. The van der Waals surface area contributed by atoms with Crippen molar-refractivity contribution in [3.63, 3.8) is 0 Å². The summed E-state index contributed by atoms with van der Waals surface area (Å²) in [6.45, 7) is 0.306. The van der Waals surface area contributed by atoms with E-state index in [1.165, 1.54) is 24.4 Å². The molecule has 17 heavy (non-hydrogen) atoms. The molecule has 88 valence electrons. The molecule has 0 saturated carbocycles. The highest BCUT2D eigenvalue weighted by Crippen LogP contribution is 2.11. The molecular weight excluding hydrogens is 227 g/mol. The molecule has 0 atom stereocenters. The zero-order valence-electron chi connectivity index (χ0n) is 8.68. The van der Waals surface area contributed by atoms with Crippen molar-refractivity contribution in [3.8, 4) is 0 Å². The summed E-state index contributed by atoms with van der Waals surface area (Å²) < 4.78 is 17.6. The first-order chi connectivity index (χ1) is 8.15. The minimum absolute atomic E-state index is 0.112. The van der Waals surface area contributed by atoms with Crippen molar-refractivity contribution in [2.75, 3.05) is 5.32 Å². The van der Waals surface area contributed by atoms with Crippen LogP contribution in [0.2, 0.25) is 0 Å². The van der Waals surface area contributed by atoms with E-state index in [1.54, 1.807) is 6.07 Å². The van der Waals surface area contributed by atoms with Crippen LogP contribution in [-0.2, 0) is 6.54 Å². The van der Waals surface area contributed by atoms with E-state index in [2.05, 4.69) is 10.3 Å². The van der Waals surface area contributed by atoms with Gasteiger partial charge in [0.15, 0.2) is 0 Å². The van der Waals surface area contributed by atoms with Crippen LogP contribution >= 0.6 is 0 Å². The maximum absolute atomic E-state index is 12.5. The third-order valence-corrected chi connectivity index (χ3v) is 2.07. The SMILES string of the molecule is O=C(O)c1ccc(CNc2ccc(F)nc2)o1. The lowest BCUT2D eigenvalue weighted by Crippen LogP contribution is -1.99. The molecule has 2 N–H and O–H groups in total. The lowest BCUT2D eigenvalue weighted by atomic mass is 10.4. The maximum Gasteiger partial charge on any atom is 0.371 e. The molecule has 0 amide bonds. The largest absolute Gasteiger partial charge is 0.475 e. The fourth-order valence-corrected chi connectivity index (χ4v) is 1.26. The number of anilines is 1. The Hall–Kier alpha value is -2.37. The van der Waals surface area contributed by atoms with Gasteiger partial charge in [0.25, 0.3) is 0 Å². The maximum atomic E-state index is 12.5. The molecule has 0 aliphatic rings. The molecule has 0 aliphatic heterocycles. The lowest BCUT2D eigenvalue weighted by molar-refractivity contribution is 0.0660. The second kappa shape index (κ2) is 4.65. The van der Waals surface area contributed by atoms with E-state index in [9.17, 15) is 9.18 Å². The highest BCUT2D eigenvalue weighted by molar-refractivity contribution is 5.84. The van der Waals surface area contributed by atoms with Crippen LogP contribution in [0.4, 0.5) is 10.1 Å². The van der Waals surface area contributed by atoms with Crippen molar-refractivity contribution in [2.45, 2.75) is 6.54 Å². The number of rotatable bonds is 4. The first-order valence-corrected chi connectivity index (χ1v) is 4.82. The number of hydrogen-bond acceptors (Lipinski definition) is 4. The molecule has 0 unspecified atom stereocenters. The average Bonchev–Trinajstić information content (AvgIpc) is 2.77. The van der Waals surface area contributed by atoms with Crippen molar-refractivity contribution in [1.29, 1.82) is 0 Å². The standard InChI is InChI=1S/C11H9FN2O3/c12-10-4-1-7(5-14-10)13-6-8-2-3-9(17-8)11(15)16/h1-5,13H,6H2,(H,15,16). The fourth-order valence-electron chi connectivity index (χ4n) is 1.26. The molecule has 0 aliphatic carbocycles. The van der Waals surface area contributed by atoms with Crippen LogP contribution in [0, 0.1) is 5.95 Å². The Morgan fingerprint density at radius 2 is 2.24 bits per heavy atom. The summed E-state index contributed by atoms with van der Waals surface area (Å²) in [6, 6.07) is 5.70. The van der Waals surface area contributed by atoms with Gasteiger partial charge in [0.2, 0.25) is 11.7 Å². The van der Waals surface area contributed by atoms with E-state index >= 15 is 0 Å². The Morgan fingerprint density at radius 1 is 1.41 bits per heavy atom. The molecule has 6 heteroatoms. The van der Waals surface area contributed by atoms with Gasteiger partial charge >= 0.3 is 5.97 Å². The Balaban J connectivity index is 1.97. The van der Waals surface area contributed by atoms with Crippen molar-refractivity contribution in [1.82, 2.24) is 4.98 Å². The van der Waals surface area contributed by atoms with Crippen molar-refractivity contribution < 1.29 is 18.7 Å². The topological polar surface area (TPSA) is 75.4 Å². The van der Waals surface area contributed by atoms with Crippen LogP contribution in [0.15, 0.2) is 34.9 Å². The first-order valence-electron chi connectivity index (χ1n) is 4.82. The Bertz CT molecular complexity index is 522. The molecule has 2 heterocycles. The van der Waals surface area contributed by atoms with Crippen LogP contribution in [0.25, 0.3) is 0 Å². The molecule has 0 bridgehead atoms.